The number of aromatic nitrogens is 3. The van der Waals surface area contributed by atoms with Crippen LogP contribution < -0.4 is 20.3 Å². The number of hydrogen-bond donors (Lipinski definition) is 2. The lowest BCUT2D eigenvalue weighted by Crippen LogP contribution is -2.37. The highest BCUT2D eigenvalue weighted by atomic mass is 35.5. The molecule has 0 fully saturated rings. The van der Waals surface area contributed by atoms with E-state index >= 15 is 0 Å². The van der Waals surface area contributed by atoms with Gasteiger partial charge >= 0.3 is 0 Å². The van der Waals surface area contributed by atoms with Gasteiger partial charge in [-0.15, -0.1) is 0 Å². The van der Waals surface area contributed by atoms with Crippen molar-refractivity contribution in [2.75, 3.05) is 23.8 Å². The van der Waals surface area contributed by atoms with Crippen LogP contribution in [0.1, 0.15) is 22.5 Å². The minimum atomic E-state index is -0.477. The number of pyridine rings is 3. The van der Waals surface area contributed by atoms with Crippen molar-refractivity contribution < 1.29 is 19.1 Å². The summed E-state index contributed by atoms with van der Waals surface area (Å²) in [6.07, 6.45) is 6.10. The van der Waals surface area contributed by atoms with Gasteiger partial charge in [0.25, 0.3) is 0 Å². The molecule has 2 aromatic carbocycles. The van der Waals surface area contributed by atoms with Gasteiger partial charge in [0.2, 0.25) is 17.7 Å². The van der Waals surface area contributed by atoms with Gasteiger partial charge in [-0.2, -0.15) is 0 Å². The second-order valence-electron chi connectivity index (χ2n) is 10.5. The quantitative estimate of drug-likeness (QED) is 0.161. The lowest BCUT2D eigenvalue weighted by Gasteiger charge is -2.21. The molecule has 238 valence electrons. The molecule has 47 heavy (non-hydrogen) atoms. The number of rotatable bonds is 11. The minimum absolute atomic E-state index is 0.0528. The van der Waals surface area contributed by atoms with Gasteiger partial charge in [-0.25, -0.2) is 9.97 Å². The summed E-state index contributed by atoms with van der Waals surface area (Å²) in [5, 5.41) is 6.87. The molecule has 0 saturated carbocycles. The summed E-state index contributed by atoms with van der Waals surface area (Å²) in [5.74, 6) is -0.165. The molecule has 5 rings (SSSR count). The van der Waals surface area contributed by atoms with Crippen LogP contribution in [-0.2, 0) is 27.4 Å². The number of ether oxygens (including phenoxy) is 1. The molecule has 0 bridgehead atoms. The Kier molecular flexibility index (Phi) is 10.8. The molecule has 0 aliphatic heterocycles. The largest absolute Gasteiger partial charge is 0.487 e. The number of fused-ring (bicyclic) bond motifs is 1. The van der Waals surface area contributed by atoms with E-state index in [1.165, 1.54) is 17.2 Å². The van der Waals surface area contributed by atoms with Crippen molar-refractivity contribution in [3.63, 3.8) is 0 Å². The highest BCUT2D eigenvalue weighted by molar-refractivity contribution is 6.38. The predicted octanol–water partition coefficient (Wildman–Crippen LogP) is 6.19. The SMILES string of the molecule is Cc1ccc2cccc(OCc3c(Cl)ccc(N(C)C(=O)CNC(=O)/C=C/c4ccc(NC(=O)Cc5ccccn5)nc4)c3Cl)c2n1. The average Bonchev–Trinajstić information content (AvgIpc) is 3.07. The summed E-state index contributed by atoms with van der Waals surface area (Å²) in [4.78, 5) is 51.9. The molecular weight excluding hydrogens is 639 g/mol. The number of aryl methyl sites for hydroxylation is 1. The standard InChI is InChI=1S/C35H30Cl2N6O4/c1-22-9-12-24-6-5-8-29(35(24)41-22)47-21-26-27(36)13-14-28(34(26)37)43(2)33(46)20-40-31(44)16-11-23-10-15-30(39-19-23)42-32(45)18-25-7-3-4-17-38-25/h3-17,19H,18,20-21H2,1-2H3,(H,40,44)(H,39,42,45)/b16-11+. The number of halogens is 2. The Hall–Kier alpha value is -5.32. The van der Waals surface area contributed by atoms with Crippen LogP contribution in [0.3, 0.4) is 0 Å². The van der Waals surface area contributed by atoms with Gasteiger partial charge in [0.05, 0.1) is 23.7 Å². The van der Waals surface area contributed by atoms with Gasteiger partial charge in [0.1, 0.15) is 23.7 Å². The van der Waals surface area contributed by atoms with Crippen molar-refractivity contribution in [3.05, 3.63) is 124 Å². The molecule has 0 unspecified atom stereocenters. The fourth-order valence-electron chi connectivity index (χ4n) is 4.54. The fraction of sp³-hybridized carbons (Fsp3) is 0.143. The third-order valence-corrected chi connectivity index (χ3v) is 7.83. The minimum Gasteiger partial charge on any atom is -0.487 e. The number of benzene rings is 2. The molecule has 0 aliphatic carbocycles. The second kappa shape index (κ2) is 15.3. The molecular formula is C35H30Cl2N6O4. The first kappa shape index (κ1) is 33.1. The molecule has 0 saturated heterocycles. The predicted molar refractivity (Wildman–Crippen MR) is 184 cm³/mol. The molecule has 0 spiro atoms. The maximum absolute atomic E-state index is 13.0. The summed E-state index contributed by atoms with van der Waals surface area (Å²) in [6, 6.07) is 21.5. The van der Waals surface area contributed by atoms with Crippen LogP contribution in [0.25, 0.3) is 17.0 Å². The van der Waals surface area contributed by atoms with Gasteiger partial charge in [0.15, 0.2) is 0 Å². The number of hydrogen-bond acceptors (Lipinski definition) is 7. The maximum Gasteiger partial charge on any atom is 0.246 e. The molecule has 0 atom stereocenters. The molecule has 3 aromatic heterocycles. The number of carbonyl (C=O) groups excluding carboxylic acids is 3. The van der Waals surface area contributed by atoms with Crippen LogP contribution in [0.2, 0.25) is 10.0 Å². The van der Waals surface area contributed by atoms with E-state index < -0.39 is 11.8 Å². The smallest absolute Gasteiger partial charge is 0.246 e. The maximum atomic E-state index is 13.0. The topological polar surface area (TPSA) is 126 Å². The van der Waals surface area contributed by atoms with Crippen LogP contribution in [0.5, 0.6) is 5.75 Å². The van der Waals surface area contributed by atoms with Gasteiger partial charge in [-0.3, -0.25) is 19.4 Å². The average molecular weight is 670 g/mol. The molecule has 12 heteroatoms. The molecule has 5 aromatic rings. The number of nitrogens with one attached hydrogen (secondary N) is 2. The van der Waals surface area contributed by atoms with E-state index in [4.69, 9.17) is 27.9 Å². The molecule has 0 radical (unpaired) electrons. The van der Waals surface area contributed by atoms with Crippen molar-refractivity contribution in [2.45, 2.75) is 20.0 Å². The van der Waals surface area contributed by atoms with Gasteiger partial charge in [-0.1, -0.05) is 47.5 Å². The molecule has 0 aliphatic rings. The van der Waals surface area contributed by atoms with E-state index in [2.05, 4.69) is 25.6 Å². The third-order valence-electron chi connectivity index (χ3n) is 7.06. The van der Waals surface area contributed by atoms with Crippen LogP contribution >= 0.6 is 23.2 Å². The summed E-state index contributed by atoms with van der Waals surface area (Å²) >= 11 is 13.2. The summed E-state index contributed by atoms with van der Waals surface area (Å²) in [7, 11) is 1.56. The normalized spacial score (nSPS) is 11.0. The Morgan fingerprint density at radius 3 is 2.57 bits per heavy atom. The Labute approximate surface area is 281 Å². The lowest BCUT2D eigenvalue weighted by molar-refractivity contribution is -0.122. The van der Waals surface area contributed by atoms with Crippen LogP contribution in [-0.4, -0.2) is 46.3 Å². The summed E-state index contributed by atoms with van der Waals surface area (Å²) in [6.45, 7) is 1.69. The van der Waals surface area contributed by atoms with Crippen molar-refractivity contribution in [2.24, 2.45) is 0 Å². The molecule has 10 nitrogen and oxygen atoms in total. The van der Waals surface area contributed by atoms with E-state index in [1.807, 2.05) is 43.3 Å². The van der Waals surface area contributed by atoms with Crippen molar-refractivity contribution in [1.29, 1.82) is 0 Å². The number of carbonyl (C=O) groups is 3. The highest BCUT2D eigenvalue weighted by Gasteiger charge is 2.19. The van der Waals surface area contributed by atoms with E-state index in [1.54, 1.807) is 55.7 Å². The molecule has 3 heterocycles. The Balaban J connectivity index is 1.14. The Morgan fingerprint density at radius 2 is 1.81 bits per heavy atom. The van der Waals surface area contributed by atoms with Crippen molar-refractivity contribution in [3.8, 4) is 5.75 Å². The molecule has 2 N–H and O–H groups in total. The van der Waals surface area contributed by atoms with Crippen LogP contribution in [0.15, 0.2) is 91.3 Å². The number of para-hydroxylation sites is 1. The van der Waals surface area contributed by atoms with Crippen molar-refractivity contribution in [1.82, 2.24) is 20.3 Å². The number of amides is 3. The first-order valence-corrected chi connectivity index (χ1v) is 15.3. The van der Waals surface area contributed by atoms with Crippen LogP contribution in [0, 0.1) is 6.92 Å². The second-order valence-corrected chi connectivity index (χ2v) is 11.2. The monoisotopic (exact) mass is 668 g/mol. The highest BCUT2D eigenvalue weighted by Crippen LogP contribution is 2.35. The van der Waals surface area contributed by atoms with Crippen LogP contribution in [0.4, 0.5) is 11.5 Å². The zero-order chi connectivity index (χ0) is 33.3. The lowest BCUT2D eigenvalue weighted by atomic mass is 10.1. The number of nitrogens with zero attached hydrogens (tertiary/aromatic N) is 4. The fourth-order valence-corrected chi connectivity index (χ4v) is 5.15. The number of anilines is 2. The van der Waals surface area contributed by atoms with Gasteiger partial charge < -0.3 is 20.3 Å². The van der Waals surface area contributed by atoms with E-state index in [0.29, 0.717) is 39.1 Å². The summed E-state index contributed by atoms with van der Waals surface area (Å²) in [5.41, 5.74) is 3.78. The number of likely N-dealkylation sites (N-methyl/N-ethyl adjacent to an activating group) is 1. The van der Waals surface area contributed by atoms with E-state index in [9.17, 15) is 14.4 Å². The third kappa shape index (κ3) is 8.69. The Morgan fingerprint density at radius 1 is 0.957 bits per heavy atom. The summed E-state index contributed by atoms with van der Waals surface area (Å²) < 4.78 is 6.08. The zero-order valence-electron chi connectivity index (χ0n) is 25.5. The van der Waals surface area contributed by atoms with Gasteiger partial charge in [0, 0.05) is 52.9 Å². The zero-order valence-corrected chi connectivity index (χ0v) is 27.0. The van der Waals surface area contributed by atoms with Crippen molar-refractivity contribution >= 4 is 69.4 Å². The molecule has 3 amide bonds. The first-order valence-electron chi connectivity index (χ1n) is 14.5. The Bertz CT molecular complexity index is 1950. The first-order chi connectivity index (χ1) is 22.7. The van der Waals surface area contributed by atoms with Gasteiger partial charge in [-0.05, 0) is 67.1 Å². The van der Waals surface area contributed by atoms with E-state index in [0.717, 1.165) is 16.6 Å². The van der Waals surface area contributed by atoms with E-state index in [-0.39, 0.29) is 30.5 Å².